The molecule has 0 aromatic heterocycles. The van der Waals surface area contributed by atoms with Crippen LogP contribution in [0.25, 0.3) is 0 Å². The van der Waals surface area contributed by atoms with Crippen LogP contribution in [0, 0.1) is 21.4 Å². The zero-order chi connectivity index (χ0) is 15.4. The summed E-state index contributed by atoms with van der Waals surface area (Å²) in [5.74, 6) is 0.708. The molecule has 21 heavy (non-hydrogen) atoms. The minimum atomic E-state index is -0.532. The predicted octanol–water partition coefficient (Wildman–Crippen LogP) is 4.03. The first-order chi connectivity index (χ1) is 10.0. The van der Waals surface area contributed by atoms with Crippen LogP contribution in [0.5, 0.6) is 17.2 Å². The van der Waals surface area contributed by atoms with Crippen molar-refractivity contribution in [3.05, 3.63) is 56.5 Å². The molecule has 0 amide bonds. The maximum Gasteiger partial charge on any atom is 0.312 e. The first-order valence-electron chi connectivity index (χ1n) is 5.75. The number of methoxy groups -OCH3 is 1. The summed E-state index contributed by atoms with van der Waals surface area (Å²) in [6.07, 6.45) is 0. The second kappa shape index (κ2) is 6.24. The Labute approximate surface area is 128 Å². The summed E-state index contributed by atoms with van der Waals surface area (Å²) >= 11 is 3.18. The molecule has 0 saturated heterocycles. The molecule has 2 aromatic carbocycles. The summed E-state index contributed by atoms with van der Waals surface area (Å²) in [4.78, 5) is 10.5. The second-order valence-corrected chi connectivity index (χ2v) is 4.86. The number of nitriles is 1. The number of rotatable bonds is 4. The zero-order valence-electron chi connectivity index (χ0n) is 10.9. The highest BCUT2D eigenvalue weighted by atomic mass is 79.9. The lowest BCUT2D eigenvalue weighted by Crippen LogP contribution is -1.95. The van der Waals surface area contributed by atoms with Crippen LogP contribution in [0.3, 0.4) is 0 Å². The van der Waals surface area contributed by atoms with Crippen LogP contribution in [0.1, 0.15) is 5.56 Å². The molecule has 0 heterocycles. The van der Waals surface area contributed by atoms with Crippen molar-refractivity contribution in [3.8, 4) is 23.3 Å². The van der Waals surface area contributed by atoms with Crippen molar-refractivity contribution in [2.45, 2.75) is 0 Å². The molecular weight excluding hydrogens is 340 g/mol. The normalized spacial score (nSPS) is 9.76. The maximum atomic E-state index is 11.0. The van der Waals surface area contributed by atoms with Gasteiger partial charge in [-0.1, -0.05) is 15.9 Å². The third-order valence-corrected chi connectivity index (χ3v) is 3.12. The van der Waals surface area contributed by atoms with E-state index in [9.17, 15) is 10.1 Å². The fourth-order valence-electron chi connectivity index (χ4n) is 1.66. The Balaban J connectivity index is 2.43. The fraction of sp³-hybridized carbons (Fsp3) is 0.0714. The number of hydrogen-bond acceptors (Lipinski definition) is 5. The summed E-state index contributed by atoms with van der Waals surface area (Å²) in [6, 6.07) is 11.0. The largest absolute Gasteiger partial charge is 0.493 e. The van der Waals surface area contributed by atoms with Crippen molar-refractivity contribution in [3.63, 3.8) is 0 Å². The number of nitro groups is 1. The smallest absolute Gasteiger partial charge is 0.312 e. The number of hydrogen-bond donors (Lipinski definition) is 0. The van der Waals surface area contributed by atoms with Gasteiger partial charge in [0.2, 0.25) is 5.75 Å². The van der Waals surface area contributed by atoms with E-state index in [0.29, 0.717) is 21.5 Å². The highest BCUT2D eigenvalue weighted by molar-refractivity contribution is 9.10. The molecule has 6 nitrogen and oxygen atoms in total. The maximum absolute atomic E-state index is 11.0. The average Bonchev–Trinajstić information content (AvgIpc) is 2.49. The van der Waals surface area contributed by atoms with E-state index in [2.05, 4.69) is 15.9 Å². The van der Waals surface area contributed by atoms with Crippen LogP contribution in [0.15, 0.2) is 40.9 Å². The standard InChI is InChI=1S/C14H9BrN2O4/c1-20-14-6-9(8-16)2-4-13(14)21-12-5-3-10(15)7-11(12)17(18)19/h2-7H,1H3. The Morgan fingerprint density at radius 3 is 2.52 bits per heavy atom. The van der Waals surface area contributed by atoms with E-state index in [-0.39, 0.29) is 11.4 Å². The molecule has 0 N–H and O–H groups in total. The van der Waals surface area contributed by atoms with Gasteiger partial charge >= 0.3 is 5.69 Å². The molecule has 0 unspecified atom stereocenters. The quantitative estimate of drug-likeness (QED) is 0.614. The lowest BCUT2D eigenvalue weighted by atomic mass is 10.2. The molecule has 0 radical (unpaired) electrons. The molecule has 7 heteroatoms. The highest BCUT2D eigenvalue weighted by Gasteiger charge is 2.18. The van der Waals surface area contributed by atoms with Crippen molar-refractivity contribution in [2.75, 3.05) is 7.11 Å². The fourth-order valence-corrected chi connectivity index (χ4v) is 2.01. The van der Waals surface area contributed by atoms with Gasteiger partial charge in [-0.15, -0.1) is 0 Å². The van der Waals surface area contributed by atoms with Gasteiger partial charge in [0.25, 0.3) is 0 Å². The predicted molar refractivity (Wildman–Crippen MR) is 78.6 cm³/mol. The SMILES string of the molecule is COc1cc(C#N)ccc1Oc1ccc(Br)cc1[N+](=O)[O-]. The van der Waals surface area contributed by atoms with E-state index in [1.165, 1.54) is 31.4 Å². The van der Waals surface area contributed by atoms with Crippen LogP contribution in [-0.2, 0) is 0 Å². The Bertz CT molecular complexity index is 740. The summed E-state index contributed by atoms with van der Waals surface area (Å²) < 4.78 is 11.3. The van der Waals surface area contributed by atoms with Gasteiger partial charge in [0.1, 0.15) is 0 Å². The lowest BCUT2D eigenvalue weighted by molar-refractivity contribution is -0.385. The minimum absolute atomic E-state index is 0.0891. The second-order valence-electron chi connectivity index (χ2n) is 3.95. The van der Waals surface area contributed by atoms with Crippen molar-refractivity contribution < 1.29 is 14.4 Å². The van der Waals surface area contributed by atoms with Crippen LogP contribution in [-0.4, -0.2) is 12.0 Å². The Morgan fingerprint density at radius 2 is 1.90 bits per heavy atom. The van der Waals surface area contributed by atoms with E-state index in [4.69, 9.17) is 14.7 Å². The molecule has 2 rings (SSSR count). The molecule has 0 saturated carbocycles. The van der Waals surface area contributed by atoms with Gasteiger partial charge in [-0.2, -0.15) is 5.26 Å². The summed E-state index contributed by atoms with van der Waals surface area (Å²) in [5, 5.41) is 19.9. The molecular formula is C14H9BrN2O4. The highest BCUT2D eigenvalue weighted by Crippen LogP contribution is 2.37. The van der Waals surface area contributed by atoms with Crippen molar-refractivity contribution >= 4 is 21.6 Å². The van der Waals surface area contributed by atoms with Gasteiger partial charge in [-0.05, 0) is 24.3 Å². The molecule has 0 aliphatic rings. The monoisotopic (exact) mass is 348 g/mol. The lowest BCUT2D eigenvalue weighted by Gasteiger charge is -2.10. The van der Waals surface area contributed by atoms with Gasteiger partial charge in [0.05, 0.1) is 23.7 Å². The summed E-state index contributed by atoms with van der Waals surface area (Å²) in [5.41, 5.74) is 0.236. The number of nitro benzene ring substituents is 1. The number of ether oxygens (including phenoxy) is 2. The van der Waals surface area contributed by atoms with Crippen LogP contribution in [0.2, 0.25) is 0 Å². The molecule has 0 fully saturated rings. The topological polar surface area (TPSA) is 85.4 Å². The van der Waals surface area contributed by atoms with E-state index >= 15 is 0 Å². The summed E-state index contributed by atoms with van der Waals surface area (Å²) in [7, 11) is 1.43. The van der Waals surface area contributed by atoms with Gasteiger partial charge in [0, 0.05) is 16.6 Å². The third kappa shape index (κ3) is 3.30. The van der Waals surface area contributed by atoms with Crippen molar-refractivity contribution in [1.82, 2.24) is 0 Å². The van der Waals surface area contributed by atoms with E-state index in [1.807, 2.05) is 6.07 Å². The summed E-state index contributed by atoms with van der Waals surface area (Å²) in [6.45, 7) is 0. The Kier molecular flexibility index (Phi) is 4.40. The molecule has 106 valence electrons. The van der Waals surface area contributed by atoms with Crippen LogP contribution < -0.4 is 9.47 Å². The van der Waals surface area contributed by atoms with E-state index in [0.717, 1.165) is 0 Å². The number of benzene rings is 2. The average molecular weight is 349 g/mol. The zero-order valence-corrected chi connectivity index (χ0v) is 12.5. The molecule has 0 bridgehead atoms. The Morgan fingerprint density at radius 1 is 1.19 bits per heavy atom. The Hall–Kier alpha value is -2.59. The first-order valence-corrected chi connectivity index (χ1v) is 6.54. The van der Waals surface area contributed by atoms with E-state index in [1.54, 1.807) is 12.1 Å². The number of halogens is 1. The van der Waals surface area contributed by atoms with Gasteiger partial charge in [0.15, 0.2) is 11.5 Å². The molecule has 0 spiro atoms. The third-order valence-electron chi connectivity index (χ3n) is 2.63. The van der Waals surface area contributed by atoms with Crippen LogP contribution >= 0.6 is 15.9 Å². The molecule has 0 aliphatic carbocycles. The molecule has 0 aliphatic heterocycles. The van der Waals surface area contributed by atoms with Gasteiger partial charge < -0.3 is 9.47 Å². The first kappa shape index (κ1) is 14.8. The van der Waals surface area contributed by atoms with Crippen LogP contribution in [0.4, 0.5) is 5.69 Å². The van der Waals surface area contributed by atoms with Gasteiger partial charge in [-0.3, -0.25) is 10.1 Å². The van der Waals surface area contributed by atoms with Crippen molar-refractivity contribution in [2.24, 2.45) is 0 Å². The minimum Gasteiger partial charge on any atom is -0.493 e. The molecule has 0 atom stereocenters. The van der Waals surface area contributed by atoms with E-state index < -0.39 is 4.92 Å². The molecule has 2 aromatic rings. The van der Waals surface area contributed by atoms with Crippen molar-refractivity contribution in [1.29, 1.82) is 5.26 Å². The van der Waals surface area contributed by atoms with Gasteiger partial charge in [-0.25, -0.2) is 0 Å². The number of nitrogens with zero attached hydrogens (tertiary/aromatic N) is 2.